The Kier molecular flexibility index (Phi) is 3.95. The minimum Gasteiger partial charge on any atom is -0.397 e. The van der Waals surface area contributed by atoms with E-state index in [9.17, 15) is 9.00 Å². The first kappa shape index (κ1) is 14.5. The van der Waals surface area contributed by atoms with Gasteiger partial charge >= 0.3 is 0 Å². The molecule has 0 bridgehead atoms. The van der Waals surface area contributed by atoms with Crippen molar-refractivity contribution in [2.24, 2.45) is 0 Å². The number of hydrogen-bond donors (Lipinski definition) is 2. The lowest BCUT2D eigenvalue weighted by Crippen LogP contribution is -2.39. The van der Waals surface area contributed by atoms with Crippen molar-refractivity contribution >= 4 is 43.9 Å². The second-order valence-electron chi connectivity index (χ2n) is 5.25. The fraction of sp³-hybridized carbons (Fsp3) is 0.429. The lowest BCUT2D eigenvalue weighted by molar-refractivity contribution is 0.0939. The molecule has 7 heteroatoms. The quantitative estimate of drug-likeness (QED) is 0.883. The number of rotatable bonds is 2. The molecule has 3 rings (SSSR count). The van der Waals surface area contributed by atoms with Crippen LogP contribution in [0, 0.1) is 6.92 Å². The number of nitrogen functional groups attached to an aromatic ring is 1. The fourth-order valence-electron chi connectivity index (χ4n) is 2.45. The first-order valence-corrected chi connectivity index (χ1v) is 9.16. The molecule has 0 radical (unpaired) electrons. The van der Waals surface area contributed by atoms with Crippen LogP contribution in [-0.2, 0) is 10.8 Å². The first-order chi connectivity index (χ1) is 10.0. The van der Waals surface area contributed by atoms with E-state index in [-0.39, 0.29) is 11.9 Å². The van der Waals surface area contributed by atoms with Crippen molar-refractivity contribution in [2.75, 3.05) is 17.2 Å². The summed E-state index contributed by atoms with van der Waals surface area (Å²) in [6.07, 6.45) is 1.53. The third-order valence-electron chi connectivity index (χ3n) is 3.66. The molecule has 2 aromatic heterocycles. The average Bonchev–Trinajstić information content (AvgIpc) is 2.78. The van der Waals surface area contributed by atoms with E-state index in [1.54, 1.807) is 0 Å². The molecule has 0 spiro atoms. The summed E-state index contributed by atoms with van der Waals surface area (Å²) in [5, 5.41) is 3.84. The molecule has 3 N–H and O–H groups in total. The van der Waals surface area contributed by atoms with Gasteiger partial charge in [0.05, 0.1) is 5.69 Å². The van der Waals surface area contributed by atoms with Gasteiger partial charge in [-0.25, -0.2) is 4.98 Å². The van der Waals surface area contributed by atoms with Crippen molar-refractivity contribution in [3.05, 3.63) is 22.7 Å². The van der Waals surface area contributed by atoms with E-state index >= 15 is 0 Å². The Hall–Kier alpha value is -1.47. The molecule has 3 heterocycles. The van der Waals surface area contributed by atoms with Gasteiger partial charge in [0.25, 0.3) is 5.91 Å². The molecule has 1 fully saturated rings. The van der Waals surface area contributed by atoms with Crippen LogP contribution in [0.1, 0.15) is 28.2 Å². The highest BCUT2D eigenvalue weighted by molar-refractivity contribution is 7.85. The minimum atomic E-state index is -0.723. The number of fused-ring (bicyclic) bond motifs is 1. The van der Waals surface area contributed by atoms with E-state index < -0.39 is 10.8 Å². The summed E-state index contributed by atoms with van der Waals surface area (Å²) in [6.45, 7) is 1.91. The Bertz CT molecular complexity index is 716. The van der Waals surface area contributed by atoms with Gasteiger partial charge in [0, 0.05) is 39.4 Å². The summed E-state index contributed by atoms with van der Waals surface area (Å²) in [6, 6.07) is 3.89. The first-order valence-electron chi connectivity index (χ1n) is 6.86. The Labute approximate surface area is 129 Å². The smallest absolute Gasteiger partial charge is 0.263 e. The number of carbonyl (C=O) groups is 1. The third kappa shape index (κ3) is 2.94. The topological polar surface area (TPSA) is 85.1 Å². The van der Waals surface area contributed by atoms with Gasteiger partial charge < -0.3 is 11.1 Å². The second kappa shape index (κ2) is 5.73. The predicted molar refractivity (Wildman–Crippen MR) is 87.1 cm³/mol. The van der Waals surface area contributed by atoms with E-state index in [1.165, 1.54) is 11.3 Å². The summed E-state index contributed by atoms with van der Waals surface area (Å²) < 4.78 is 11.3. The molecule has 0 unspecified atom stereocenters. The van der Waals surface area contributed by atoms with Crippen LogP contribution < -0.4 is 11.1 Å². The van der Waals surface area contributed by atoms with Gasteiger partial charge in [-0.1, -0.05) is 0 Å². The SMILES string of the molecule is Cc1ccc2c(N)c(C(=O)NC3CCS(=O)CC3)sc2n1. The Morgan fingerprint density at radius 2 is 2.14 bits per heavy atom. The molecule has 5 nitrogen and oxygen atoms in total. The van der Waals surface area contributed by atoms with Crippen molar-refractivity contribution in [2.45, 2.75) is 25.8 Å². The largest absolute Gasteiger partial charge is 0.397 e. The molecule has 1 saturated heterocycles. The molecule has 0 aromatic carbocycles. The summed E-state index contributed by atoms with van der Waals surface area (Å²) >= 11 is 1.33. The average molecular weight is 323 g/mol. The maximum absolute atomic E-state index is 12.4. The van der Waals surface area contributed by atoms with E-state index in [4.69, 9.17) is 5.73 Å². The van der Waals surface area contributed by atoms with Crippen molar-refractivity contribution in [1.82, 2.24) is 10.3 Å². The Morgan fingerprint density at radius 3 is 2.86 bits per heavy atom. The van der Waals surface area contributed by atoms with Crippen LogP contribution in [0.25, 0.3) is 10.2 Å². The Balaban J connectivity index is 1.81. The normalized spacial score (nSPS) is 22.3. The number of pyridine rings is 1. The predicted octanol–water partition coefficient (Wildman–Crippen LogP) is 1.83. The number of aryl methyl sites for hydroxylation is 1. The van der Waals surface area contributed by atoms with Crippen LogP contribution >= 0.6 is 11.3 Å². The lowest BCUT2D eigenvalue weighted by atomic mass is 10.1. The minimum absolute atomic E-state index is 0.0921. The monoisotopic (exact) mass is 323 g/mol. The zero-order valence-electron chi connectivity index (χ0n) is 11.7. The molecule has 0 atom stereocenters. The molecular formula is C14H17N3O2S2. The maximum Gasteiger partial charge on any atom is 0.263 e. The van der Waals surface area contributed by atoms with Crippen molar-refractivity contribution < 1.29 is 9.00 Å². The molecule has 0 saturated carbocycles. The van der Waals surface area contributed by atoms with Gasteiger partial charge in [-0.2, -0.15) is 0 Å². The molecule has 1 aliphatic heterocycles. The highest BCUT2D eigenvalue weighted by Gasteiger charge is 2.23. The highest BCUT2D eigenvalue weighted by atomic mass is 32.2. The molecule has 112 valence electrons. The number of carbonyl (C=O) groups excluding carboxylic acids is 1. The molecule has 1 amide bonds. The molecule has 2 aromatic rings. The maximum atomic E-state index is 12.4. The van der Waals surface area contributed by atoms with Gasteiger partial charge in [-0.3, -0.25) is 9.00 Å². The Morgan fingerprint density at radius 1 is 1.43 bits per heavy atom. The van der Waals surface area contributed by atoms with Crippen LogP contribution in [-0.4, -0.2) is 32.6 Å². The van der Waals surface area contributed by atoms with E-state index in [0.717, 1.165) is 28.8 Å². The van der Waals surface area contributed by atoms with Gasteiger partial charge in [-0.15, -0.1) is 11.3 Å². The second-order valence-corrected chi connectivity index (χ2v) is 7.94. The highest BCUT2D eigenvalue weighted by Crippen LogP contribution is 2.32. The number of nitrogens with one attached hydrogen (secondary N) is 1. The molecule has 21 heavy (non-hydrogen) atoms. The fourth-order valence-corrected chi connectivity index (χ4v) is 4.79. The van der Waals surface area contributed by atoms with Crippen molar-refractivity contribution in [3.63, 3.8) is 0 Å². The van der Waals surface area contributed by atoms with Gasteiger partial charge in [-0.05, 0) is 31.9 Å². The number of hydrogen-bond acceptors (Lipinski definition) is 5. The van der Waals surface area contributed by atoms with Crippen molar-refractivity contribution in [3.8, 4) is 0 Å². The molecular weight excluding hydrogens is 306 g/mol. The summed E-state index contributed by atoms with van der Waals surface area (Å²) in [7, 11) is -0.723. The number of anilines is 1. The van der Waals surface area contributed by atoms with Crippen LogP contribution in [0.5, 0.6) is 0 Å². The zero-order valence-corrected chi connectivity index (χ0v) is 13.4. The standard InChI is InChI=1S/C14H17N3O2S2/c1-8-2-3-10-11(15)12(20-14(10)16-8)13(18)17-9-4-6-21(19)7-5-9/h2-3,9H,4-7,15H2,1H3,(H,17,18). The number of nitrogens with two attached hydrogens (primary N) is 1. The number of aromatic nitrogens is 1. The zero-order chi connectivity index (χ0) is 15.0. The van der Waals surface area contributed by atoms with Crippen LogP contribution in [0.3, 0.4) is 0 Å². The number of thiophene rings is 1. The molecule has 1 aliphatic rings. The van der Waals surface area contributed by atoms with Crippen LogP contribution in [0.4, 0.5) is 5.69 Å². The van der Waals surface area contributed by atoms with Gasteiger partial charge in [0.2, 0.25) is 0 Å². The lowest BCUT2D eigenvalue weighted by Gasteiger charge is -2.22. The van der Waals surface area contributed by atoms with Crippen molar-refractivity contribution in [1.29, 1.82) is 0 Å². The van der Waals surface area contributed by atoms with Crippen LogP contribution in [0.15, 0.2) is 12.1 Å². The third-order valence-corrected chi connectivity index (χ3v) is 6.16. The summed E-state index contributed by atoms with van der Waals surface area (Å²) in [4.78, 5) is 18.1. The van der Waals surface area contributed by atoms with E-state index in [1.807, 2.05) is 19.1 Å². The molecule has 0 aliphatic carbocycles. The number of nitrogens with zero attached hydrogens (tertiary/aromatic N) is 1. The van der Waals surface area contributed by atoms with Crippen LogP contribution in [0.2, 0.25) is 0 Å². The summed E-state index contributed by atoms with van der Waals surface area (Å²) in [5.41, 5.74) is 7.49. The van der Waals surface area contributed by atoms with Gasteiger partial charge in [0.15, 0.2) is 0 Å². The van der Waals surface area contributed by atoms with Gasteiger partial charge in [0.1, 0.15) is 9.71 Å². The van der Waals surface area contributed by atoms with E-state index in [0.29, 0.717) is 22.1 Å². The summed E-state index contributed by atoms with van der Waals surface area (Å²) in [5.74, 6) is 1.17. The number of amides is 1. The van der Waals surface area contributed by atoms with E-state index in [2.05, 4.69) is 10.3 Å².